The van der Waals surface area contributed by atoms with Gasteiger partial charge in [-0.15, -0.1) is 0 Å². The molecule has 0 unspecified atom stereocenters. The van der Waals surface area contributed by atoms with Crippen LogP contribution in [0, 0.1) is 0 Å². The minimum absolute atomic E-state index is 0.0591. The SMILES string of the molecule is CCN1CCOc2ccccc2C(=O)N[C@H](C(=O)N(CC)CCO)CC(=O)N[C@@H](Cc2ccccc2)C1=O. The average molecular weight is 525 g/mol. The standard InChI is InChI=1S/C28H36N4O6/c1-3-31(14-16-33)28(37)23-19-25(34)29-22(18-20-10-6-5-7-11-20)27(36)32(4-2)15-17-38-24-13-9-8-12-21(24)26(35)30-23/h5-13,22-23,33H,3-4,14-19H2,1-2H3,(H,29,34)(H,30,35)/t22-,23-/m0/s1. The highest BCUT2D eigenvalue weighted by Gasteiger charge is 2.32. The highest BCUT2D eigenvalue weighted by Crippen LogP contribution is 2.19. The van der Waals surface area contributed by atoms with Crippen LogP contribution in [0.2, 0.25) is 0 Å². The monoisotopic (exact) mass is 524 g/mol. The van der Waals surface area contributed by atoms with Gasteiger partial charge >= 0.3 is 0 Å². The fourth-order valence-corrected chi connectivity index (χ4v) is 4.38. The maximum Gasteiger partial charge on any atom is 0.255 e. The van der Waals surface area contributed by atoms with Crippen LogP contribution in [0.15, 0.2) is 54.6 Å². The van der Waals surface area contributed by atoms with Crippen LogP contribution < -0.4 is 15.4 Å². The van der Waals surface area contributed by atoms with Crippen molar-refractivity contribution in [3.8, 4) is 5.75 Å². The number of benzene rings is 2. The Hall–Kier alpha value is -3.92. The molecule has 1 aliphatic rings. The Bertz CT molecular complexity index is 1110. The molecule has 0 spiro atoms. The summed E-state index contributed by atoms with van der Waals surface area (Å²) in [6.45, 7) is 4.48. The third-order valence-electron chi connectivity index (χ3n) is 6.42. The predicted octanol–water partition coefficient (Wildman–Crippen LogP) is 0.984. The van der Waals surface area contributed by atoms with Crippen LogP contribution in [0.25, 0.3) is 0 Å². The highest BCUT2D eigenvalue weighted by atomic mass is 16.5. The third-order valence-corrected chi connectivity index (χ3v) is 6.42. The Morgan fingerprint density at radius 2 is 1.76 bits per heavy atom. The first-order valence-corrected chi connectivity index (χ1v) is 12.9. The number of likely N-dealkylation sites (N-methyl/N-ethyl adjacent to an activating group) is 2. The zero-order chi connectivity index (χ0) is 27.5. The van der Waals surface area contributed by atoms with E-state index in [0.29, 0.717) is 12.3 Å². The molecule has 0 saturated carbocycles. The predicted molar refractivity (Wildman–Crippen MR) is 141 cm³/mol. The van der Waals surface area contributed by atoms with E-state index in [4.69, 9.17) is 4.74 Å². The lowest BCUT2D eigenvalue weighted by Gasteiger charge is -2.29. The molecule has 3 rings (SSSR count). The van der Waals surface area contributed by atoms with Crippen molar-refractivity contribution >= 4 is 23.6 Å². The maximum absolute atomic E-state index is 13.5. The summed E-state index contributed by atoms with van der Waals surface area (Å²) in [6.07, 6.45) is -0.109. The second-order valence-electron chi connectivity index (χ2n) is 8.94. The lowest BCUT2D eigenvalue weighted by molar-refractivity contribution is -0.138. The number of hydrogen-bond donors (Lipinski definition) is 3. The number of amides is 4. The van der Waals surface area contributed by atoms with Gasteiger partial charge in [0.2, 0.25) is 17.7 Å². The molecular weight excluding hydrogens is 488 g/mol. The van der Waals surface area contributed by atoms with Crippen molar-refractivity contribution in [1.82, 2.24) is 20.4 Å². The number of hydrogen-bond acceptors (Lipinski definition) is 6. The summed E-state index contributed by atoms with van der Waals surface area (Å²) in [5.74, 6) is -1.56. The zero-order valence-corrected chi connectivity index (χ0v) is 21.9. The van der Waals surface area contributed by atoms with E-state index in [9.17, 15) is 24.3 Å². The van der Waals surface area contributed by atoms with E-state index in [2.05, 4.69) is 10.6 Å². The first kappa shape index (κ1) is 28.6. The molecule has 0 aromatic heterocycles. The molecule has 2 atom stereocenters. The number of nitrogens with one attached hydrogen (secondary N) is 2. The molecule has 204 valence electrons. The van der Waals surface area contributed by atoms with E-state index in [1.54, 1.807) is 36.1 Å². The van der Waals surface area contributed by atoms with Gasteiger partial charge in [-0.05, 0) is 31.5 Å². The Kier molecular flexibility index (Phi) is 10.7. The molecule has 4 amide bonds. The lowest BCUT2D eigenvalue weighted by Crippen LogP contribution is -2.54. The number of nitrogens with zero attached hydrogens (tertiary/aromatic N) is 2. The van der Waals surface area contributed by atoms with Crippen LogP contribution in [0.4, 0.5) is 0 Å². The summed E-state index contributed by atoms with van der Waals surface area (Å²) in [5, 5.41) is 14.9. The Balaban J connectivity index is 1.97. The number of carbonyl (C=O) groups is 4. The van der Waals surface area contributed by atoms with E-state index in [-0.39, 0.29) is 57.2 Å². The minimum atomic E-state index is -1.21. The van der Waals surface area contributed by atoms with Crippen molar-refractivity contribution in [2.24, 2.45) is 0 Å². The zero-order valence-electron chi connectivity index (χ0n) is 21.9. The van der Waals surface area contributed by atoms with Crippen molar-refractivity contribution < 1.29 is 29.0 Å². The molecule has 0 aliphatic carbocycles. The van der Waals surface area contributed by atoms with Crippen LogP contribution in [-0.4, -0.2) is 90.0 Å². The molecule has 2 aromatic rings. The van der Waals surface area contributed by atoms with E-state index in [0.717, 1.165) is 5.56 Å². The van der Waals surface area contributed by atoms with E-state index in [1.807, 2.05) is 37.3 Å². The van der Waals surface area contributed by atoms with Gasteiger partial charge < -0.3 is 30.3 Å². The topological polar surface area (TPSA) is 128 Å². The van der Waals surface area contributed by atoms with Gasteiger partial charge in [0.25, 0.3) is 5.91 Å². The highest BCUT2D eigenvalue weighted by molar-refractivity contribution is 6.01. The molecular formula is C28H36N4O6. The maximum atomic E-state index is 13.5. The summed E-state index contributed by atoms with van der Waals surface area (Å²) >= 11 is 0. The molecule has 0 saturated heterocycles. The Morgan fingerprint density at radius 1 is 1.05 bits per heavy atom. The van der Waals surface area contributed by atoms with Gasteiger partial charge in [0.15, 0.2) is 0 Å². The number of ether oxygens (including phenoxy) is 1. The summed E-state index contributed by atoms with van der Waals surface area (Å²) in [5.41, 5.74) is 1.08. The quantitative estimate of drug-likeness (QED) is 0.496. The van der Waals surface area contributed by atoms with E-state index in [1.165, 1.54) is 4.90 Å². The second kappa shape index (κ2) is 14.1. The first-order valence-electron chi connectivity index (χ1n) is 12.9. The summed E-state index contributed by atoms with van der Waals surface area (Å²) in [4.78, 5) is 56.3. The van der Waals surface area contributed by atoms with Crippen LogP contribution >= 0.6 is 0 Å². The third kappa shape index (κ3) is 7.55. The van der Waals surface area contributed by atoms with Gasteiger partial charge in [-0.25, -0.2) is 0 Å². The summed E-state index contributed by atoms with van der Waals surface area (Å²) in [6, 6.07) is 13.9. The van der Waals surface area contributed by atoms with Crippen molar-refractivity contribution in [2.75, 3.05) is 39.4 Å². The molecule has 0 radical (unpaired) electrons. The van der Waals surface area contributed by atoms with Crippen LogP contribution in [0.5, 0.6) is 5.75 Å². The molecule has 3 N–H and O–H groups in total. The van der Waals surface area contributed by atoms with Crippen LogP contribution in [0.1, 0.15) is 36.2 Å². The summed E-state index contributed by atoms with van der Waals surface area (Å²) < 4.78 is 5.89. The molecule has 10 nitrogen and oxygen atoms in total. The largest absolute Gasteiger partial charge is 0.491 e. The number of fused-ring (bicyclic) bond motifs is 1. The van der Waals surface area contributed by atoms with Crippen molar-refractivity contribution in [3.63, 3.8) is 0 Å². The smallest absolute Gasteiger partial charge is 0.255 e. The molecule has 2 aromatic carbocycles. The summed E-state index contributed by atoms with van der Waals surface area (Å²) in [7, 11) is 0. The van der Waals surface area contributed by atoms with Crippen molar-refractivity contribution in [3.05, 3.63) is 65.7 Å². The van der Waals surface area contributed by atoms with Gasteiger partial charge in [-0.3, -0.25) is 19.2 Å². The molecule has 38 heavy (non-hydrogen) atoms. The lowest BCUT2D eigenvalue weighted by atomic mass is 10.0. The second-order valence-corrected chi connectivity index (χ2v) is 8.94. The first-order chi connectivity index (χ1) is 18.4. The Morgan fingerprint density at radius 3 is 2.45 bits per heavy atom. The van der Waals surface area contributed by atoms with Gasteiger partial charge in [0.1, 0.15) is 24.4 Å². The average Bonchev–Trinajstić information content (AvgIpc) is 2.93. The van der Waals surface area contributed by atoms with E-state index >= 15 is 0 Å². The van der Waals surface area contributed by atoms with Crippen LogP contribution in [-0.2, 0) is 20.8 Å². The number of aliphatic hydroxyl groups is 1. The van der Waals surface area contributed by atoms with Gasteiger partial charge in [0, 0.05) is 26.1 Å². The normalized spacial score (nSPS) is 18.9. The number of rotatable bonds is 7. The molecule has 1 heterocycles. The minimum Gasteiger partial charge on any atom is -0.491 e. The van der Waals surface area contributed by atoms with Crippen molar-refractivity contribution in [2.45, 2.75) is 38.8 Å². The van der Waals surface area contributed by atoms with Crippen LogP contribution in [0.3, 0.4) is 0 Å². The van der Waals surface area contributed by atoms with Gasteiger partial charge in [-0.1, -0.05) is 42.5 Å². The molecule has 1 aliphatic heterocycles. The fourth-order valence-electron chi connectivity index (χ4n) is 4.38. The van der Waals surface area contributed by atoms with Crippen molar-refractivity contribution in [1.29, 1.82) is 0 Å². The molecule has 10 heteroatoms. The number of para-hydroxylation sites is 1. The fraction of sp³-hybridized carbons (Fsp3) is 0.429. The molecule has 0 bridgehead atoms. The number of carbonyl (C=O) groups excluding carboxylic acids is 4. The number of aliphatic hydroxyl groups excluding tert-OH is 1. The van der Waals surface area contributed by atoms with Gasteiger partial charge in [0.05, 0.1) is 25.1 Å². The van der Waals surface area contributed by atoms with E-state index < -0.39 is 29.8 Å². The Labute approximate surface area is 222 Å². The molecule has 0 fully saturated rings. The van der Waals surface area contributed by atoms with Gasteiger partial charge in [-0.2, -0.15) is 0 Å².